The molecular weight excluding hydrogens is 206 g/mol. The number of nitrogens with one attached hydrogen (secondary N) is 1. The van der Waals surface area contributed by atoms with E-state index in [9.17, 15) is 9.90 Å². The van der Waals surface area contributed by atoms with Gasteiger partial charge in [0.05, 0.1) is 7.11 Å². The van der Waals surface area contributed by atoms with Crippen LogP contribution in [-0.4, -0.2) is 24.2 Å². The van der Waals surface area contributed by atoms with Crippen LogP contribution in [0, 0.1) is 0 Å². The van der Waals surface area contributed by atoms with Gasteiger partial charge in [-0.05, 0) is 30.5 Å². The van der Waals surface area contributed by atoms with Gasteiger partial charge in [0.25, 0.3) is 5.91 Å². The SMILES string of the molecule is COc1ccc(C(O)C(=O)NC2CC2)cc1. The van der Waals surface area contributed by atoms with Crippen molar-refractivity contribution in [3.8, 4) is 5.75 Å². The molecule has 1 aliphatic carbocycles. The number of carbonyl (C=O) groups excluding carboxylic acids is 1. The molecule has 0 radical (unpaired) electrons. The summed E-state index contributed by atoms with van der Waals surface area (Å²) < 4.78 is 5.00. The lowest BCUT2D eigenvalue weighted by Gasteiger charge is -2.11. The molecule has 2 N–H and O–H groups in total. The third-order valence-electron chi connectivity index (χ3n) is 2.60. The van der Waals surface area contributed by atoms with E-state index in [1.165, 1.54) is 0 Å². The first-order valence-corrected chi connectivity index (χ1v) is 5.33. The largest absolute Gasteiger partial charge is 0.497 e. The summed E-state index contributed by atoms with van der Waals surface area (Å²) in [4.78, 5) is 11.6. The summed E-state index contributed by atoms with van der Waals surface area (Å²) in [5, 5.41) is 12.5. The fourth-order valence-corrected chi connectivity index (χ4v) is 1.45. The molecule has 1 fully saturated rings. The van der Waals surface area contributed by atoms with Crippen molar-refractivity contribution in [1.82, 2.24) is 5.32 Å². The molecule has 1 aromatic carbocycles. The van der Waals surface area contributed by atoms with Crippen molar-refractivity contribution >= 4 is 5.91 Å². The van der Waals surface area contributed by atoms with Crippen LogP contribution in [0.5, 0.6) is 5.75 Å². The number of benzene rings is 1. The maximum atomic E-state index is 11.6. The topological polar surface area (TPSA) is 58.6 Å². The monoisotopic (exact) mass is 221 g/mol. The lowest BCUT2D eigenvalue weighted by atomic mass is 10.1. The van der Waals surface area contributed by atoms with Crippen LogP contribution in [0.4, 0.5) is 0 Å². The van der Waals surface area contributed by atoms with Gasteiger partial charge in [0.1, 0.15) is 5.75 Å². The summed E-state index contributed by atoms with van der Waals surface area (Å²) in [6.07, 6.45) is 0.939. The van der Waals surface area contributed by atoms with Gasteiger partial charge >= 0.3 is 0 Å². The third kappa shape index (κ3) is 2.52. The quantitative estimate of drug-likeness (QED) is 0.797. The van der Waals surface area contributed by atoms with E-state index in [-0.39, 0.29) is 11.9 Å². The smallest absolute Gasteiger partial charge is 0.253 e. The third-order valence-corrected chi connectivity index (χ3v) is 2.60. The van der Waals surface area contributed by atoms with Gasteiger partial charge in [-0.15, -0.1) is 0 Å². The standard InChI is InChI=1S/C12H15NO3/c1-16-10-6-2-8(3-7-10)11(14)12(15)13-9-4-5-9/h2-3,6-7,9,11,14H,4-5H2,1H3,(H,13,15). The van der Waals surface area contributed by atoms with E-state index >= 15 is 0 Å². The van der Waals surface area contributed by atoms with Crippen molar-refractivity contribution in [3.63, 3.8) is 0 Å². The Morgan fingerprint density at radius 3 is 2.56 bits per heavy atom. The van der Waals surface area contributed by atoms with Gasteiger partial charge in [-0.1, -0.05) is 12.1 Å². The van der Waals surface area contributed by atoms with Crippen LogP contribution < -0.4 is 10.1 Å². The van der Waals surface area contributed by atoms with Gasteiger partial charge in [-0.2, -0.15) is 0 Å². The highest BCUT2D eigenvalue weighted by molar-refractivity contribution is 5.82. The fourth-order valence-electron chi connectivity index (χ4n) is 1.45. The maximum Gasteiger partial charge on any atom is 0.253 e. The van der Waals surface area contributed by atoms with Crippen molar-refractivity contribution in [2.24, 2.45) is 0 Å². The van der Waals surface area contributed by atoms with Crippen LogP contribution in [0.25, 0.3) is 0 Å². The Morgan fingerprint density at radius 1 is 1.44 bits per heavy atom. The average molecular weight is 221 g/mol. The number of amides is 1. The van der Waals surface area contributed by atoms with E-state index in [1.54, 1.807) is 31.4 Å². The highest BCUT2D eigenvalue weighted by Gasteiger charge is 2.27. The summed E-state index contributed by atoms with van der Waals surface area (Å²) in [5.41, 5.74) is 0.582. The number of ether oxygens (including phenoxy) is 1. The van der Waals surface area contributed by atoms with Crippen LogP contribution >= 0.6 is 0 Å². The number of aliphatic hydroxyl groups is 1. The summed E-state index contributed by atoms with van der Waals surface area (Å²) in [6.45, 7) is 0. The lowest BCUT2D eigenvalue weighted by molar-refractivity contribution is -0.129. The van der Waals surface area contributed by atoms with E-state index in [2.05, 4.69) is 5.32 Å². The molecule has 1 saturated carbocycles. The molecule has 0 saturated heterocycles. The van der Waals surface area contributed by atoms with Gasteiger partial charge < -0.3 is 15.2 Å². The molecule has 0 bridgehead atoms. The number of carbonyl (C=O) groups is 1. The van der Waals surface area contributed by atoms with Crippen molar-refractivity contribution in [2.45, 2.75) is 25.0 Å². The zero-order valence-electron chi connectivity index (χ0n) is 9.14. The van der Waals surface area contributed by atoms with E-state index in [0.29, 0.717) is 11.3 Å². The van der Waals surface area contributed by atoms with Gasteiger partial charge in [0, 0.05) is 6.04 Å². The molecular formula is C12H15NO3. The Hall–Kier alpha value is -1.55. The molecule has 86 valence electrons. The first-order valence-electron chi connectivity index (χ1n) is 5.33. The lowest BCUT2D eigenvalue weighted by Crippen LogP contribution is -2.30. The first kappa shape index (κ1) is 11.0. The summed E-state index contributed by atoms with van der Waals surface area (Å²) in [6, 6.07) is 7.10. The van der Waals surface area contributed by atoms with E-state index in [4.69, 9.17) is 4.74 Å². The number of hydrogen-bond donors (Lipinski definition) is 2. The molecule has 0 aromatic heterocycles. The highest BCUT2D eigenvalue weighted by Crippen LogP contribution is 2.22. The Labute approximate surface area is 94.2 Å². The second kappa shape index (κ2) is 4.53. The second-order valence-electron chi connectivity index (χ2n) is 3.96. The van der Waals surface area contributed by atoms with Gasteiger partial charge in [0.15, 0.2) is 6.10 Å². The molecule has 2 rings (SSSR count). The van der Waals surface area contributed by atoms with E-state index in [0.717, 1.165) is 12.8 Å². The number of hydrogen-bond acceptors (Lipinski definition) is 3. The molecule has 16 heavy (non-hydrogen) atoms. The first-order chi connectivity index (χ1) is 7.70. The zero-order valence-corrected chi connectivity index (χ0v) is 9.14. The van der Waals surface area contributed by atoms with Crippen LogP contribution in [0.3, 0.4) is 0 Å². The number of aliphatic hydroxyl groups excluding tert-OH is 1. The fraction of sp³-hybridized carbons (Fsp3) is 0.417. The molecule has 1 amide bonds. The minimum atomic E-state index is -1.09. The Balaban J connectivity index is 2.00. The minimum Gasteiger partial charge on any atom is -0.497 e. The summed E-state index contributed by atoms with van der Waals surface area (Å²) in [7, 11) is 1.57. The average Bonchev–Trinajstić information content (AvgIpc) is 3.12. The molecule has 4 heteroatoms. The second-order valence-corrected chi connectivity index (χ2v) is 3.96. The Morgan fingerprint density at radius 2 is 2.06 bits per heavy atom. The molecule has 0 aliphatic heterocycles. The molecule has 0 heterocycles. The molecule has 1 aromatic rings. The summed E-state index contributed by atoms with van der Waals surface area (Å²) >= 11 is 0. The van der Waals surface area contributed by atoms with Gasteiger partial charge in [-0.25, -0.2) is 0 Å². The molecule has 4 nitrogen and oxygen atoms in total. The minimum absolute atomic E-state index is 0.264. The molecule has 1 aliphatic rings. The van der Waals surface area contributed by atoms with E-state index < -0.39 is 6.10 Å². The van der Waals surface area contributed by atoms with Crippen LogP contribution in [0.2, 0.25) is 0 Å². The highest BCUT2D eigenvalue weighted by atomic mass is 16.5. The molecule has 1 unspecified atom stereocenters. The normalized spacial score (nSPS) is 16.6. The van der Waals surface area contributed by atoms with Gasteiger partial charge in [0.2, 0.25) is 0 Å². The number of rotatable bonds is 4. The van der Waals surface area contributed by atoms with Crippen molar-refractivity contribution in [3.05, 3.63) is 29.8 Å². The van der Waals surface area contributed by atoms with E-state index in [1.807, 2.05) is 0 Å². The van der Waals surface area contributed by atoms with Gasteiger partial charge in [-0.3, -0.25) is 4.79 Å². The molecule has 0 spiro atoms. The predicted molar refractivity (Wildman–Crippen MR) is 59.1 cm³/mol. The van der Waals surface area contributed by atoms with Crippen molar-refractivity contribution in [1.29, 1.82) is 0 Å². The van der Waals surface area contributed by atoms with Crippen LogP contribution in [-0.2, 0) is 4.79 Å². The zero-order chi connectivity index (χ0) is 11.5. The Bertz CT molecular complexity index is 370. The Kier molecular flexibility index (Phi) is 3.10. The van der Waals surface area contributed by atoms with Crippen LogP contribution in [0.15, 0.2) is 24.3 Å². The van der Waals surface area contributed by atoms with Crippen molar-refractivity contribution < 1.29 is 14.6 Å². The van der Waals surface area contributed by atoms with Crippen LogP contribution in [0.1, 0.15) is 24.5 Å². The predicted octanol–water partition coefficient (Wildman–Crippen LogP) is 1.01. The maximum absolute atomic E-state index is 11.6. The summed E-state index contributed by atoms with van der Waals surface area (Å²) in [5.74, 6) is 0.381. The number of methoxy groups -OCH3 is 1. The molecule has 1 atom stereocenters. The van der Waals surface area contributed by atoms with Crippen molar-refractivity contribution in [2.75, 3.05) is 7.11 Å².